The van der Waals surface area contributed by atoms with E-state index in [1.165, 1.54) is 11.8 Å². The van der Waals surface area contributed by atoms with Crippen molar-refractivity contribution in [2.45, 2.75) is 91.0 Å². The van der Waals surface area contributed by atoms with Crippen molar-refractivity contribution in [1.82, 2.24) is 10.2 Å². The van der Waals surface area contributed by atoms with E-state index in [9.17, 15) is 19.5 Å². The summed E-state index contributed by atoms with van der Waals surface area (Å²) in [5.74, 6) is -1.28. The van der Waals surface area contributed by atoms with Gasteiger partial charge in [0.15, 0.2) is 0 Å². The molecule has 0 bridgehead atoms. The third kappa shape index (κ3) is 7.81. The Labute approximate surface area is 184 Å². The number of nitrogens with zero attached hydrogens (tertiary/aromatic N) is 2. The van der Waals surface area contributed by atoms with E-state index in [1.807, 2.05) is 27.0 Å². The number of carboxylic acid groups (broad SMARTS) is 1. The number of carboxylic acids is 1. The second kappa shape index (κ2) is 11.6. The van der Waals surface area contributed by atoms with Crippen LogP contribution in [0, 0.1) is 5.92 Å². The van der Waals surface area contributed by atoms with Crippen LogP contribution in [0.15, 0.2) is 4.99 Å². The standard InChI is InChI=1S/C21H37N3O5S/c1-8-10-14(19(26)27)22-17(30-7)15-11-9-12-24(15)18(25)16(13(2)3)23-20(28)29-21(4,5)6/h13-16H,8-12H2,1-7H3,(H,23,28)(H,26,27)/b22-17-/t14-,15-,16?/m0/s1. The second-order valence-electron chi connectivity index (χ2n) is 8.87. The zero-order valence-corrected chi connectivity index (χ0v) is 20.0. The Hall–Kier alpha value is -1.77. The Balaban J connectivity index is 3.06. The van der Waals surface area contributed by atoms with E-state index in [0.29, 0.717) is 24.4 Å². The smallest absolute Gasteiger partial charge is 0.408 e. The molecule has 1 aliphatic heterocycles. The molecule has 1 saturated heterocycles. The maximum atomic E-state index is 13.3. The first-order valence-electron chi connectivity index (χ1n) is 10.6. The molecule has 1 unspecified atom stereocenters. The minimum atomic E-state index is -0.953. The maximum Gasteiger partial charge on any atom is 0.408 e. The average molecular weight is 444 g/mol. The van der Waals surface area contributed by atoms with Gasteiger partial charge in [-0.15, -0.1) is 11.8 Å². The lowest BCUT2D eigenvalue weighted by molar-refractivity contribution is -0.138. The molecule has 0 radical (unpaired) electrons. The van der Waals surface area contributed by atoms with Gasteiger partial charge in [-0.05, 0) is 52.2 Å². The van der Waals surface area contributed by atoms with E-state index in [4.69, 9.17) is 4.74 Å². The number of carbonyl (C=O) groups excluding carboxylic acids is 2. The Morgan fingerprint density at radius 3 is 2.40 bits per heavy atom. The zero-order valence-electron chi connectivity index (χ0n) is 19.2. The van der Waals surface area contributed by atoms with E-state index < -0.39 is 29.7 Å². The van der Waals surface area contributed by atoms with E-state index in [2.05, 4.69) is 10.3 Å². The van der Waals surface area contributed by atoms with Crippen LogP contribution in [0.2, 0.25) is 0 Å². The number of hydrogen-bond donors (Lipinski definition) is 2. The lowest BCUT2D eigenvalue weighted by Crippen LogP contribution is -2.54. The highest BCUT2D eigenvalue weighted by molar-refractivity contribution is 8.13. The van der Waals surface area contributed by atoms with Gasteiger partial charge >= 0.3 is 12.1 Å². The minimum absolute atomic E-state index is 0.132. The van der Waals surface area contributed by atoms with Gasteiger partial charge in [-0.1, -0.05) is 27.2 Å². The number of nitrogens with one attached hydrogen (secondary N) is 1. The topological polar surface area (TPSA) is 108 Å². The number of carbonyl (C=O) groups is 3. The molecule has 1 aliphatic rings. The molecule has 0 aromatic heterocycles. The third-order valence-electron chi connectivity index (χ3n) is 4.77. The van der Waals surface area contributed by atoms with Crippen molar-refractivity contribution in [2.24, 2.45) is 10.9 Å². The predicted molar refractivity (Wildman–Crippen MR) is 120 cm³/mol. The fraction of sp³-hybridized carbons (Fsp3) is 0.810. The van der Waals surface area contributed by atoms with Crippen molar-refractivity contribution in [3.05, 3.63) is 0 Å². The first-order chi connectivity index (χ1) is 13.9. The van der Waals surface area contributed by atoms with Gasteiger partial charge in [-0.25, -0.2) is 9.59 Å². The molecular formula is C21H37N3O5S. The highest BCUT2D eigenvalue weighted by Gasteiger charge is 2.38. The van der Waals surface area contributed by atoms with Gasteiger partial charge in [-0.3, -0.25) is 9.79 Å². The summed E-state index contributed by atoms with van der Waals surface area (Å²) in [5.41, 5.74) is -0.658. The monoisotopic (exact) mass is 443 g/mol. The summed E-state index contributed by atoms with van der Waals surface area (Å²) in [6.07, 6.45) is 3.92. The van der Waals surface area contributed by atoms with Gasteiger partial charge in [-0.2, -0.15) is 0 Å². The molecule has 2 N–H and O–H groups in total. The number of likely N-dealkylation sites (tertiary alicyclic amines) is 1. The summed E-state index contributed by atoms with van der Waals surface area (Å²) >= 11 is 1.38. The SMILES string of the molecule is CCC[C@H](/N=C(\SC)[C@@H]1CCCN1C(=O)C(NC(=O)OC(C)(C)C)C(C)C)C(=O)O. The number of ether oxygens (including phenoxy) is 1. The maximum absolute atomic E-state index is 13.3. The normalized spacial score (nSPS) is 19.5. The molecule has 2 amide bonds. The van der Waals surface area contributed by atoms with E-state index in [1.54, 1.807) is 25.7 Å². The molecule has 0 saturated carbocycles. The molecule has 0 aromatic rings. The van der Waals surface area contributed by atoms with Crippen LogP contribution in [0.1, 0.15) is 67.2 Å². The number of aliphatic carboxylic acids is 1. The number of hydrogen-bond acceptors (Lipinski definition) is 6. The number of amides is 2. The van der Waals surface area contributed by atoms with Gasteiger partial charge in [0.1, 0.15) is 17.7 Å². The van der Waals surface area contributed by atoms with Gasteiger partial charge in [0.25, 0.3) is 0 Å². The summed E-state index contributed by atoms with van der Waals surface area (Å²) < 4.78 is 5.32. The molecule has 1 rings (SSSR count). The lowest BCUT2D eigenvalue weighted by Gasteiger charge is -2.32. The van der Waals surface area contributed by atoms with Gasteiger partial charge in [0, 0.05) is 6.54 Å². The van der Waals surface area contributed by atoms with Crippen LogP contribution in [-0.2, 0) is 14.3 Å². The minimum Gasteiger partial charge on any atom is -0.480 e. The number of thioether (sulfide) groups is 1. The van der Waals surface area contributed by atoms with E-state index >= 15 is 0 Å². The summed E-state index contributed by atoms with van der Waals surface area (Å²) in [7, 11) is 0. The largest absolute Gasteiger partial charge is 0.480 e. The Kier molecular flexibility index (Phi) is 10.1. The van der Waals surface area contributed by atoms with Gasteiger partial charge in [0.05, 0.1) is 11.1 Å². The molecule has 8 nitrogen and oxygen atoms in total. The lowest BCUT2D eigenvalue weighted by atomic mass is 10.0. The van der Waals surface area contributed by atoms with Crippen LogP contribution in [0.5, 0.6) is 0 Å². The second-order valence-corrected chi connectivity index (χ2v) is 9.70. The highest BCUT2D eigenvalue weighted by atomic mass is 32.2. The molecule has 3 atom stereocenters. The zero-order chi connectivity index (χ0) is 23.1. The highest BCUT2D eigenvalue weighted by Crippen LogP contribution is 2.26. The Bertz CT molecular complexity index is 645. The van der Waals surface area contributed by atoms with Crippen LogP contribution in [0.25, 0.3) is 0 Å². The molecule has 9 heteroatoms. The molecular weight excluding hydrogens is 406 g/mol. The van der Waals surface area contributed by atoms with Crippen molar-refractivity contribution in [3.63, 3.8) is 0 Å². The Morgan fingerprint density at radius 1 is 1.30 bits per heavy atom. The molecule has 0 aromatic carbocycles. The van der Waals surface area contributed by atoms with E-state index in [0.717, 1.165) is 12.8 Å². The number of rotatable bonds is 8. The van der Waals surface area contributed by atoms with Crippen molar-refractivity contribution in [3.8, 4) is 0 Å². The number of alkyl carbamates (subject to hydrolysis) is 1. The van der Waals surface area contributed by atoms with Crippen LogP contribution in [0.3, 0.4) is 0 Å². The molecule has 0 spiro atoms. The molecule has 172 valence electrons. The number of aliphatic imine (C=N–C) groups is 1. The van der Waals surface area contributed by atoms with Crippen LogP contribution in [-0.4, -0.2) is 69.5 Å². The van der Waals surface area contributed by atoms with Gasteiger partial charge < -0.3 is 20.1 Å². The van der Waals surface area contributed by atoms with Gasteiger partial charge in [0.2, 0.25) is 5.91 Å². The summed E-state index contributed by atoms with van der Waals surface area (Å²) in [4.78, 5) is 43.4. The molecule has 1 heterocycles. The van der Waals surface area contributed by atoms with Crippen molar-refractivity contribution >= 4 is 34.8 Å². The van der Waals surface area contributed by atoms with Crippen molar-refractivity contribution in [2.75, 3.05) is 12.8 Å². The van der Waals surface area contributed by atoms with Crippen LogP contribution in [0.4, 0.5) is 4.79 Å². The summed E-state index contributed by atoms with van der Waals surface area (Å²) in [5, 5.41) is 12.8. The molecule has 30 heavy (non-hydrogen) atoms. The van der Waals surface area contributed by atoms with Crippen LogP contribution >= 0.6 is 11.8 Å². The first kappa shape index (κ1) is 26.3. The fourth-order valence-electron chi connectivity index (χ4n) is 3.36. The van der Waals surface area contributed by atoms with Crippen molar-refractivity contribution in [1.29, 1.82) is 0 Å². The summed E-state index contributed by atoms with van der Waals surface area (Å²) in [6.45, 7) is 11.5. The predicted octanol–water partition coefficient (Wildman–Crippen LogP) is 3.54. The van der Waals surface area contributed by atoms with Crippen molar-refractivity contribution < 1.29 is 24.2 Å². The van der Waals surface area contributed by atoms with Crippen LogP contribution < -0.4 is 5.32 Å². The average Bonchev–Trinajstić information content (AvgIpc) is 3.10. The third-order valence-corrected chi connectivity index (χ3v) is 5.56. The first-order valence-corrected chi connectivity index (χ1v) is 11.8. The fourth-order valence-corrected chi connectivity index (χ4v) is 4.11. The molecule has 0 aliphatic carbocycles. The van der Waals surface area contributed by atoms with E-state index in [-0.39, 0.29) is 17.9 Å². The quantitative estimate of drug-likeness (QED) is 0.439. The Morgan fingerprint density at radius 2 is 1.93 bits per heavy atom. The summed E-state index contributed by atoms with van der Waals surface area (Å²) in [6, 6.07) is -1.81. The molecule has 1 fully saturated rings.